The van der Waals surface area contributed by atoms with Gasteiger partial charge in [-0.05, 0) is 19.8 Å². The molecule has 2 amide bonds. The van der Waals surface area contributed by atoms with E-state index in [1.54, 1.807) is 4.90 Å². The van der Waals surface area contributed by atoms with Gasteiger partial charge < -0.3 is 19.5 Å². The van der Waals surface area contributed by atoms with E-state index in [4.69, 9.17) is 4.42 Å². The first-order valence-corrected chi connectivity index (χ1v) is 10.5. The molecular weight excluding hydrogens is 408 g/mol. The molecule has 1 unspecified atom stereocenters. The number of nitrogens with one attached hydrogen (secondary N) is 1. The van der Waals surface area contributed by atoms with Gasteiger partial charge in [0.1, 0.15) is 10.7 Å². The Hall–Kier alpha value is -1.62. The van der Waals surface area contributed by atoms with Gasteiger partial charge >= 0.3 is 0 Å². The van der Waals surface area contributed by atoms with Crippen LogP contribution in [0.4, 0.5) is 0 Å². The van der Waals surface area contributed by atoms with E-state index in [0.717, 1.165) is 23.7 Å². The Bertz CT molecular complexity index is 839. The number of halogens is 1. The molecule has 0 spiro atoms. The van der Waals surface area contributed by atoms with Crippen LogP contribution in [0.25, 0.3) is 0 Å². The van der Waals surface area contributed by atoms with Crippen LogP contribution in [0.3, 0.4) is 0 Å². The second-order valence-electron chi connectivity index (χ2n) is 7.13. The van der Waals surface area contributed by atoms with Crippen LogP contribution in [0, 0.1) is 6.92 Å². The monoisotopic (exact) mass is 434 g/mol. The number of piperazine rings is 1. The van der Waals surface area contributed by atoms with E-state index >= 15 is 0 Å². The Balaban J connectivity index is 0.00000280. The summed E-state index contributed by atoms with van der Waals surface area (Å²) in [5, 5.41) is 3.05. The number of likely N-dealkylation sites (tertiary alicyclic amines) is 1. The van der Waals surface area contributed by atoms with Crippen molar-refractivity contribution in [1.82, 2.24) is 19.4 Å². The molecule has 0 aliphatic carbocycles. The van der Waals surface area contributed by atoms with E-state index in [2.05, 4.69) is 5.32 Å². The van der Waals surface area contributed by atoms with Crippen LogP contribution in [0.15, 0.2) is 15.4 Å². The third kappa shape index (κ3) is 4.35. The summed E-state index contributed by atoms with van der Waals surface area (Å²) in [5.74, 6) is -0.0857. The third-order valence-corrected chi connectivity index (χ3v) is 7.01. The highest BCUT2D eigenvalue weighted by atomic mass is 35.5. The summed E-state index contributed by atoms with van der Waals surface area (Å²) >= 11 is 0. The summed E-state index contributed by atoms with van der Waals surface area (Å²) in [6.45, 7) is 4.24. The maximum atomic E-state index is 12.9. The Labute approximate surface area is 171 Å². The van der Waals surface area contributed by atoms with Crippen LogP contribution in [-0.4, -0.2) is 87.2 Å². The van der Waals surface area contributed by atoms with Crippen molar-refractivity contribution in [2.24, 2.45) is 0 Å². The molecule has 0 aromatic carbocycles. The standard InChI is InChI=1S/C17H26N4O5S.ClH/c1-12-15(27(24,25)19(2)3)9-14(26-12)17(23)20-7-4-5-13(11-20)21-8-6-18-10-16(21)22;/h9,13,18H,4-8,10-11H2,1-3H3;1H. The summed E-state index contributed by atoms with van der Waals surface area (Å²) in [6, 6.07) is 1.28. The van der Waals surface area contributed by atoms with E-state index in [1.165, 1.54) is 27.1 Å². The number of aryl methyl sites for hydroxylation is 1. The molecule has 1 aromatic heterocycles. The van der Waals surface area contributed by atoms with Crippen molar-refractivity contribution < 1.29 is 22.4 Å². The van der Waals surface area contributed by atoms with Crippen LogP contribution < -0.4 is 5.32 Å². The summed E-state index contributed by atoms with van der Waals surface area (Å²) < 4.78 is 31.3. The minimum Gasteiger partial charge on any atom is -0.455 e. The molecule has 9 nitrogen and oxygen atoms in total. The van der Waals surface area contributed by atoms with Crippen LogP contribution >= 0.6 is 12.4 Å². The Kier molecular flexibility index (Phi) is 7.13. The van der Waals surface area contributed by atoms with Gasteiger partial charge in [0.05, 0.1) is 6.54 Å². The first kappa shape index (κ1) is 22.7. The quantitative estimate of drug-likeness (QED) is 0.730. The molecule has 0 radical (unpaired) electrons. The second kappa shape index (κ2) is 8.81. The lowest BCUT2D eigenvalue weighted by molar-refractivity contribution is -0.135. The minimum absolute atomic E-state index is 0. The number of hydrogen-bond donors (Lipinski definition) is 1. The zero-order chi connectivity index (χ0) is 19.8. The van der Waals surface area contributed by atoms with E-state index in [-0.39, 0.29) is 46.7 Å². The van der Waals surface area contributed by atoms with Gasteiger partial charge in [-0.1, -0.05) is 0 Å². The maximum Gasteiger partial charge on any atom is 0.289 e. The molecule has 2 aliphatic rings. The molecule has 158 valence electrons. The third-order valence-electron chi connectivity index (χ3n) is 5.09. The fraction of sp³-hybridized carbons (Fsp3) is 0.647. The van der Waals surface area contributed by atoms with Crippen LogP contribution in [-0.2, 0) is 14.8 Å². The molecule has 28 heavy (non-hydrogen) atoms. The van der Waals surface area contributed by atoms with Crippen molar-refractivity contribution in [2.75, 3.05) is 46.8 Å². The summed E-state index contributed by atoms with van der Waals surface area (Å²) in [7, 11) is -0.810. The van der Waals surface area contributed by atoms with Gasteiger partial charge in [0.2, 0.25) is 15.9 Å². The number of amides is 2. The highest BCUT2D eigenvalue weighted by molar-refractivity contribution is 7.89. The number of sulfonamides is 1. The van der Waals surface area contributed by atoms with Crippen molar-refractivity contribution in [2.45, 2.75) is 30.7 Å². The fourth-order valence-electron chi connectivity index (χ4n) is 3.58. The normalized spacial score (nSPS) is 21.0. The molecule has 1 N–H and O–H groups in total. The average Bonchev–Trinajstić information content (AvgIpc) is 3.04. The van der Waals surface area contributed by atoms with Crippen molar-refractivity contribution >= 4 is 34.2 Å². The first-order valence-electron chi connectivity index (χ1n) is 9.04. The van der Waals surface area contributed by atoms with E-state index < -0.39 is 10.0 Å². The highest BCUT2D eigenvalue weighted by Crippen LogP contribution is 2.25. The zero-order valence-corrected chi connectivity index (χ0v) is 17.9. The topological polar surface area (TPSA) is 103 Å². The van der Waals surface area contributed by atoms with E-state index in [9.17, 15) is 18.0 Å². The number of rotatable bonds is 4. The Morgan fingerprint density at radius 1 is 1.32 bits per heavy atom. The lowest BCUT2D eigenvalue weighted by Gasteiger charge is -2.40. The summed E-state index contributed by atoms with van der Waals surface area (Å²) in [4.78, 5) is 28.5. The van der Waals surface area contributed by atoms with Gasteiger partial charge in [-0.25, -0.2) is 12.7 Å². The summed E-state index contributed by atoms with van der Waals surface area (Å²) in [6.07, 6.45) is 1.64. The van der Waals surface area contributed by atoms with Crippen LogP contribution in [0.5, 0.6) is 0 Å². The number of piperidine rings is 1. The fourth-order valence-corrected chi connectivity index (χ4v) is 4.63. The van der Waals surface area contributed by atoms with Gasteiger partial charge in [0.25, 0.3) is 5.91 Å². The van der Waals surface area contributed by atoms with Gasteiger partial charge in [0.15, 0.2) is 5.76 Å². The van der Waals surface area contributed by atoms with Crippen molar-refractivity contribution in [3.05, 3.63) is 17.6 Å². The smallest absolute Gasteiger partial charge is 0.289 e. The molecule has 0 saturated carbocycles. The summed E-state index contributed by atoms with van der Waals surface area (Å²) in [5.41, 5.74) is 0. The molecule has 2 aliphatic heterocycles. The van der Waals surface area contributed by atoms with Gasteiger partial charge in [0, 0.05) is 52.4 Å². The molecule has 2 saturated heterocycles. The number of furan rings is 1. The van der Waals surface area contributed by atoms with Gasteiger partial charge in [-0.15, -0.1) is 12.4 Å². The minimum atomic E-state index is -3.68. The molecule has 11 heteroatoms. The molecule has 3 heterocycles. The number of nitrogens with zero attached hydrogens (tertiary/aromatic N) is 3. The molecule has 1 atom stereocenters. The molecule has 3 rings (SSSR count). The predicted octanol–water partition coefficient (Wildman–Crippen LogP) is 0.297. The van der Waals surface area contributed by atoms with Crippen LogP contribution in [0.2, 0.25) is 0 Å². The van der Waals surface area contributed by atoms with Crippen molar-refractivity contribution in [3.63, 3.8) is 0 Å². The Morgan fingerprint density at radius 2 is 2.04 bits per heavy atom. The zero-order valence-electron chi connectivity index (χ0n) is 16.3. The van der Waals surface area contributed by atoms with Gasteiger partial charge in [-0.2, -0.15) is 0 Å². The van der Waals surface area contributed by atoms with Gasteiger partial charge in [-0.3, -0.25) is 9.59 Å². The van der Waals surface area contributed by atoms with Crippen LogP contribution in [0.1, 0.15) is 29.2 Å². The lowest BCUT2D eigenvalue weighted by Crippen LogP contribution is -2.57. The Morgan fingerprint density at radius 3 is 2.68 bits per heavy atom. The number of carbonyl (C=O) groups excluding carboxylic acids is 2. The second-order valence-corrected chi connectivity index (χ2v) is 9.25. The maximum absolute atomic E-state index is 12.9. The number of carbonyl (C=O) groups is 2. The highest BCUT2D eigenvalue weighted by Gasteiger charge is 2.34. The molecule has 0 bridgehead atoms. The first-order chi connectivity index (χ1) is 12.7. The lowest BCUT2D eigenvalue weighted by atomic mass is 10.0. The van der Waals surface area contributed by atoms with E-state index in [1.807, 2.05) is 4.90 Å². The SMILES string of the molecule is Cc1oc(C(=O)N2CCCC(N3CCNCC3=O)C2)cc1S(=O)(=O)N(C)C.Cl. The largest absolute Gasteiger partial charge is 0.455 e. The van der Waals surface area contributed by atoms with E-state index in [0.29, 0.717) is 26.2 Å². The van der Waals surface area contributed by atoms with Crippen molar-refractivity contribution in [1.29, 1.82) is 0 Å². The van der Waals surface area contributed by atoms with Crippen molar-refractivity contribution in [3.8, 4) is 0 Å². The molecular formula is C17H27ClN4O5S. The molecule has 1 aromatic rings. The molecule has 2 fully saturated rings. The predicted molar refractivity (Wildman–Crippen MR) is 105 cm³/mol. The number of hydrogen-bond acceptors (Lipinski definition) is 6. The average molecular weight is 435 g/mol.